The number of nitrogens with one attached hydrogen (secondary N) is 1. The Morgan fingerprint density at radius 1 is 1.32 bits per heavy atom. The van der Waals surface area contributed by atoms with Gasteiger partial charge >= 0.3 is 5.97 Å². The molecule has 0 saturated carbocycles. The monoisotopic (exact) mass is 307 g/mol. The van der Waals surface area contributed by atoms with E-state index in [1.54, 1.807) is 21.0 Å². The molecule has 0 aliphatic carbocycles. The zero-order valence-electron chi connectivity index (χ0n) is 13.8. The van der Waals surface area contributed by atoms with Gasteiger partial charge in [-0.3, -0.25) is 9.59 Å². The molecule has 0 radical (unpaired) electrons. The highest BCUT2D eigenvalue weighted by atomic mass is 16.5. The van der Waals surface area contributed by atoms with E-state index in [1.165, 1.54) is 0 Å². The molecule has 122 valence electrons. The van der Waals surface area contributed by atoms with E-state index in [4.69, 9.17) is 9.84 Å². The molecule has 2 unspecified atom stereocenters. The van der Waals surface area contributed by atoms with Crippen molar-refractivity contribution in [2.75, 3.05) is 7.11 Å². The van der Waals surface area contributed by atoms with Crippen molar-refractivity contribution in [3.63, 3.8) is 0 Å². The molecule has 1 aromatic carbocycles. The van der Waals surface area contributed by atoms with Crippen LogP contribution >= 0.6 is 0 Å². The zero-order chi connectivity index (χ0) is 16.9. The molecular formula is C17H25NO4. The first kappa shape index (κ1) is 18.0. The van der Waals surface area contributed by atoms with Gasteiger partial charge in [0.2, 0.25) is 5.91 Å². The summed E-state index contributed by atoms with van der Waals surface area (Å²) in [6.07, 6.45) is -0.110. The van der Waals surface area contributed by atoms with Crippen molar-refractivity contribution >= 4 is 11.9 Å². The third-order valence-corrected chi connectivity index (χ3v) is 4.19. The number of carboxylic acid groups (broad SMARTS) is 1. The number of carboxylic acids is 1. The third-order valence-electron chi connectivity index (χ3n) is 4.19. The molecule has 1 rings (SSSR count). The SMILES string of the molecule is COc1cccc(C(C)C(=O)NC(C)(CC(=O)O)C(C)C)c1. The van der Waals surface area contributed by atoms with Crippen LogP contribution in [-0.2, 0) is 9.59 Å². The second-order valence-corrected chi connectivity index (χ2v) is 6.13. The van der Waals surface area contributed by atoms with Crippen molar-refractivity contribution in [2.45, 2.75) is 45.6 Å². The molecule has 0 saturated heterocycles. The Morgan fingerprint density at radius 2 is 1.95 bits per heavy atom. The highest BCUT2D eigenvalue weighted by Gasteiger charge is 2.34. The molecule has 0 fully saturated rings. The van der Waals surface area contributed by atoms with Crippen LogP contribution in [0.5, 0.6) is 5.75 Å². The lowest BCUT2D eigenvalue weighted by atomic mass is 9.84. The Bertz CT molecular complexity index is 541. The topological polar surface area (TPSA) is 75.6 Å². The lowest BCUT2D eigenvalue weighted by molar-refractivity contribution is -0.139. The summed E-state index contributed by atoms with van der Waals surface area (Å²) in [7, 11) is 1.58. The summed E-state index contributed by atoms with van der Waals surface area (Å²) in [5.41, 5.74) is 0.0500. The number of amides is 1. The molecule has 5 heteroatoms. The first-order valence-corrected chi connectivity index (χ1v) is 7.37. The average Bonchev–Trinajstić information content (AvgIpc) is 2.45. The summed E-state index contributed by atoms with van der Waals surface area (Å²) >= 11 is 0. The largest absolute Gasteiger partial charge is 0.497 e. The highest BCUT2D eigenvalue weighted by molar-refractivity contribution is 5.84. The number of hydrogen-bond donors (Lipinski definition) is 2. The van der Waals surface area contributed by atoms with E-state index in [2.05, 4.69) is 5.32 Å². The standard InChI is InChI=1S/C17H25NO4/c1-11(2)17(4,10-15(19)20)18-16(21)12(3)13-7-6-8-14(9-13)22-5/h6-9,11-12H,10H2,1-5H3,(H,18,21)(H,19,20). The third kappa shape index (κ3) is 4.48. The Labute approximate surface area is 131 Å². The number of carbonyl (C=O) groups is 2. The lowest BCUT2D eigenvalue weighted by Crippen LogP contribution is -2.52. The average molecular weight is 307 g/mol. The number of aliphatic carboxylic acids is 1. The summed E-state index contributed by atoms with van der Waals surface area (Å²) < 4.78 is 5.17. The summed E-state index contributed by atoms with van der Waals surface area (Å²) in [4.78, 5) is 23.6. The molecule has 22 heavy (non-hydrogen) atoms. The maximum atomic E-state index is 12.5. The highest BCUT2D eigenvalue weighted by Crippen LogP contribution is 2.25. The summed E-state index contributed by atoms with van der Waals surface area (Å²) in [5.74, 6) is -0.808. The minimum absolute atomic E-state index is 0.00468. The number of carbonyl (C=O) groups excluding carboxylic acids is 1. The van der Waals surface area contributed by atoms with Gasteiger partial charge in [0.15, 0.2) is 0 Å². The van der Waals surface area contributed by atoms with E-state index in [0.29, 0.717) is 5.75 Å². The number of methoxy groups -OCH3 is 1. The van der Waals surface area contributed by atoms with Gasteiger partial charge in [-0.15, -0.1) is 0 Å². The van der Waals surface area contributed by atoms with Crippen LogP contribution in [0.3, 0.4) is 0 Å². The first-order chi connectivity index (χ1) is 10.2. The van der Waals surface area contributed by atoms with Crippen LogP contribution in [0.4, 0.5) is 0 Å². The lowest BCUT2D eigenvalue weighted by Gasteiger charge is -2.34. The molecule has 0 spiro atoms. The summed E-state index contributed by atoms with van der Waals surface area (Å²) in [6, 6.07) is 7.32. The predicted molar refractivity (Wildman–Crippen MR) is 85.0 cm³/mol. The van der Waals surface area contributed by atoms with Crippen LogP contribution in [0.15, 0.2) is 24.3 Å². The van der Waals surface area contributed by atoms with Crippen molar-refractivity contribution < 1.29 is 19.4 Å². The zero-order valence-corrected chi connectivity index (χ0v) is 13.8. The van der Waals surface area contributed by atoms with E-state index < -0.39 is 11.5 Å². The Morgan fingerprint density at radius 3 is 2.45 bits per heavy atom. The van der Waals surface area contributed by atoms with Gasteiger partial charge in [0.25, 0.3) is 0 Å². The minimum atomic E-state index is -0.925. The van der Waals surface area contributed by atoms with Crippen molar-refractivity contribution in [3.8, 4) is 5.75 Å². The number of benzene rings is 1. The maximum Gasteiger partial charge on any atom is 0.305 e. The molecule has 0 aromatic heterocycles. The van der Waals surface area contributed by atoms with Gasteiger partial charge < -0.3 is 15.2 Å². The molecule has 0 bridgehead atoms. The normalized spacial score (nSPS) is 15.0. The van der Waals surface area contributed by atoms with Crippen molar-refractivity contribution in [1.82, 2.24) is 5.32 Å². The smallest absolute Gasteiger partial charge is 0.305 e. The maximum absolute atomic E-state index is 12.5. The minimum Gasteiger partial charge on any atom is -0.497 e. The van der Waals surface area contributed by atoms with Gasteiger partial charge in [0, 0.05) is 5.54 Å². The van der Waals surface area contributed by atoms with Gasteiger partial charge in [0.1, 0.15) is 5.75 Å². The molecule has 0 heterocycles. The molecule has 2 N–H and O–H groups in total. The van der Waals surface area contributed by atoms with Crippen molar-refractivity contribution in [3.05, 3.63) is 29.8 Å². The fraction of sp³-hybridized carbons (Fsp3) is 0.529. The fourth-order valence-corrected chi connectivity index (χ4v) is 2.16. The summed E-state index contributed by atoms with van der Waals surface area (Å²) in [6.45, 7) is 7.37. The fourth-order valence-electron chi connectivity index (χ4n) is 2.16. The van der Waals surface area contributed by atoms with Crippen LogP contribution in [0, 0.1) is 5.92 Å². The van der Waals surface area contributed by atoms with E-state index in [-0.39, 0.29) is 24.2 Å². The van der Waals surface area contributed by atoms with Crippen LogP contribution in [-0.4, -0.2) is 29.6 Å². The second-order valence-electron chi connectivity index (χ2n) is 6.13. The Hall–Kier alpha value is -2.04. The number of hydrogen-bond acceptors (Lipinski definition) is 3. The van der Waals surface area contributed by atoms with Crippen molar-refractivity contribution in [1.29, 1.82) is 0 Å². The van der Waals surface area contributed by atoms with Crippen LogP contribution < -0.4 is 10.1 Å². The Kier molecular flexibility index (Phi) is 5.97. The van der Waals surface area contributed by atoms with Crippen LogP contribution in [0.2, 0.25) is 0 Å². The van der Waals surface area contributed by atoms with Gasteiger partial charge in [-0.2, -0.15) is 0 Å². The molecule has 1 amide bonds. The molecule has 0 aliphatic rings. The van der Waals surface area contributed by atoms with Gasteiger partial charge in [-0.25, -0.2) is 0 Å². The Balaban J connectivity index is 2.91. The quantitative estimate of drug-likeness (QED) is 0.812. The second kappa shape index (κ2) is 7.29. The van der Waals surface area contributed by atoms with Gasteiger partial charge in [0.05, 0.1) is 19.4 Å². The molecule has 0 aliphatic heterocycles. The predicted octanol–water partition coefficient (Wildman–Crippen LogP) is 2.80. The van der Waals surface area contributed by atoms with Crippen LogP contribution in [0.25, 0.3) is 0 Å². The van der Waals surface area contributed by atoms with Crippen LogP contribution in [0.1, 0.15) is 45.6 Å². The summed E-state index contributed by atoms with van der Waals surface area (Å²) in [5, 5.41) is 12.0. The molecular weight excluding hydrogens is 282 g/mol. The van der Waals surface area contributed by atoms with Crippen molar-refractivity contribution in [2.24, 2.45) is 5.92 Å². The molecule has 1 aromatic rings. The van der Waals surface area contributed by atoms with Gasteiger partial charge in [-0.1, -0.05) is 26.0 Å². The van der Waals surface area contributed by atoms with E-state index in [0.717, 1.165) is 5.56 Å². The molecule has 5 nitrogen and oxygen atoms in total. The molecule has 2 atom stereocenters. The van der Waals surface area contributed by atoms with E-state index in [9.17, 15) is 9.59 Å². The van der Waals surface area contributed by atoms with E-state index >= 15 is 0 Å². The number of rotatable bonds is 7. The van der Waals surface area contributed by atoms with Gasteiger partial charge in [-0.05, 0) is 37.5 Å². The first-order valence-electron chi connectivity index (χ1n) is 7.37. The van der Waals surface area contributed by atoms with E-state index in [1.807, 2.05) is 38.1 Å². The number of ether oxygens (including phenoxy) is 1.